The quantitative estimate of drug-likeness (QED) is 0.402. The first-order chi connectivity index (χ1) is 13.4. The third-order valence-electron chi connectivity index (χ3n) is 5.32. The number of rotatable bonds is 7. The number of methoxy groups -OCH3 is 1. The van der Waals surface area contributed by atoms with E-state index in [4.69, 9.17) is 31.2 Å². The van der Waals surface area contributed by atoms with Gasteiger partial charge in [0, 0.05) is 11.6 Å². The molecule has 0 radical (unpaired) electrons. The minimum atomic E-state index is -2.02. The van der Waals surface area contributed by atoms with Crippen molar-refractivity contribution in [1.82, 2.24) is 0 Å². The van der Waals surface area contributed by atoms with Crippen molar-refractivity contribution in [2.75, 3.05) is 12.8 Å². The Morgan fingerprint density at radius 1 is 1.07 bits per heavy atom. The molecule has 2 rings (SSSR count). The summed E-state index contributed by atoms with van der Waals surface area (Å²) in [5.74, 6) is -1.38. The predicted octanol–water partition coefficient (Wildman–Crippen LogP) is 6.31. The molecular weight excluding hydrogens is 416 g/mol. The van der Waals surface area contributed by atoms with E-state index in [1.807, 2.05) is 0 Å². The van der Waals surface area contributed by atoms with Gasteiger partial charge in [0.1, 0.15) is 18.1 Å². The van der Waals surface area contributed by atoms with Crippen LogP contribution in [0.25, 0.3) is 0 Å². The lowest BCUT2D eigenvalue weighted by Crippen LogP contribution is -2.40. The lowest BCUT2D eigenvalue weighted by molar-refractivity contribution is 0.252. The Balaban J connectivity index is 2.30. The van der Waals surface area contributed by atoms with Crippen LogP contribution in [-0.4, -0.2) is 15.4 Å². The zero-order chi connectivity index (χ0) is 22.0. The van der Waals surface area contributed by atoms with Gasteiger partial charge < -0.3 is 19.6 Å². The molecule has 0 amide bonds. The number of anilines is 1. The summed E-state index contributed by atoms with van der Waals surface area (Å²) in [5, 5.41) is 0.407. The molecular formula is C21H28ClF2NO3Si. The number of benzene rings is 2. The number of ether oxygens (including phenoxy) is 2. The predicted molar refractivity (Wildman–Crippen MR) is 115 cm³/mol. The van der Waals surface area contributed by atoms with Gasteiger partial charge in [-0.15, -0.1) is 0 Å². The Labute approximate surface area is 177 Å². The molecule has 0 unspecified atom stereocenters. The number of hydrogen-bond donors (Lipinski definition) is 1. The zero-order valence-corrected chi connectivity index (χ0v) is 19.4. The standard InChI is InChI=1S/C21H28ClF2NO3Si/c1-21(2,3)29(5,6)28-11-13-9-15(22)17(25)10-19(13)27-12-14-18(26-4)8-7-16(23)20(14)24/h7-10H,11-12,25H2,1-6H3. The molecule has 160 valence electrons. The summed E-state index contributed by atoms with van der Waals surface area (Å²) in [5.41, 5.74) is 6.91. The zero-order valence-electron chi connectivity index (χ0n) is 17.7. The second-order valence-electron chi connectivity index (χ2n) is 8.36. The lowest BCUT2D eigenvalue weighted by atomic mass is 10.1. The van der Waals surface area contributed by atoms with Crippen LogP contribution in [-0.2, 0) is 17.6 Å². The Kier molecular flexibility index (Phi) is 7.19. The first-order valence-corrected chi connectivity index (χ1v) is 12.5. The van der Waals surface area contributed by atoms with Crippen LogP contribution in [0.1, 0.15) is 31.9 Å². The summed E-state index contributed by atoms with van der Waals surface area (Å²) >= 11 is 6.18. The Bertz CT molecular complexity index is 885. The van der Waals surface area contributed by atoms with Crippen LogP contribution in [0.3, 0.4) is 0 Å². The van der Waals surface area contributed by atoms with Gasteiger partial charge in [0.25, 0.3) is 0 Å². The molecule has 4 nitrogen and oxygen atoms in total. The number of nitrogen functional groups attached to an aromatic ring is 1. The van der Waals surface area contributed by atoms with E-state index in [-0.39, 0.29) is 29.6 Å². The maximum absolute atomic E-state index is 14.2. The SMILES string of the molecule is COc1ccc(F)c(F)c1COc1cc(N)c(Cl)cc1CO[Si](C)(C)C(C)(C)C. The largest absolute Gasteiger partial charge is 0.496 e. The average molecular weight is 444 g/mol. The summed E-state index contributed by atoms with van der Waals surface area (Å²) < 4.78 is 45.0. The molecule has 2 aromatic carbocycles. The highest BCUT2D eigenvalue weighted by atomic mass is 35.5. The molecule has 0 aliphatic carbocycles. The molecule has 8 heteroatoms. The lowest BCUT2D eigenvalue weighted by Gasteiger charge is -2.36. The van der Waals surface area contributed by atoms with E-state index in [0.717, 1.165) is 6.07 Å². The van der Waals surface area contributed by atoms with Crippen molar-refractivity contribution < 1.29 is 22.7 Å². The Hall–Kier alpha value is -1.83. The molecule has 0 aliphatic heterocycles. The van der Waals surface area contributed by atoms with E-state index >= 15 is 0 Å². The fraction of sp³-hybridized carbons (Fsp3) is 0.429. The van der Waals surface area contributed by atoms with Crippen molar-refractivity contribution in [3.8, 4) is 11.5 Å². The molecule has 0 aromatic heterocycles. The van der Waals surface area contributed by atoms with Gasteiger partial charge in [-0.05, 0) is 36.3 Å². The van der Waals surface area contributed by atoms with E-state index in [0.29, 0.717) is 22.0 Å². The minimum absolute atomic E-state index is 0.0164. The number of hydrogen-bond acceptors (Lipinski definition) is 4. The first-order valence-electron chi connectivity index (χ1n) is 9.23. The summed E-state index contributed by atoms with van der Waals surface area (Å²) in [4.78, 5) is 0. The van der Waals surface area contributed by atoms with Crippen molar-refractivity contribution in [1.29, 1.82) is 0 Å². The maximum Gasteiger partial charge on any atom is 0.192 e. The average Bonchev–Trinajstić information content (AvgIpc) is 2.63. The van der Waals surface area contributed by atoms with E-state index in [2.05, 4.69) is 33.9 Å². The maximum atomic E-state index is 14.2. The van der Waals surface area contributed by atoms with Crippen LogP contribution in [0, 0.1) is 11.6 Å². The molecule has 0 spiro atoms. The normalized spacial score (nSPS) is 12.2. The highest BCUT2D eigenvalue weighted by Gasteiger charge is 2.37. The fourth-order valence-electron chi connectivity index (χ4n) is 2.38. The van der Waals surface area contributed by atoms with Crippen LogP contribution >= 0.6 is 11.6 Å². The fourth-order valence-corrected chi connectivity index (χ4v) is 3.52. The first kappa shape index (κ1) is 23.4. The van der Waals surface area contributed by atoms with E-state index in [1.165, 1.54) is 13.2 Å². The third kappa shape index (κ3) is 5.41. The van der Waals surface area contributed by atoms with Crippen molar-refractivity contribution in [2.45, 2.75) is 52.1 Å². The van der Waals surface area contributed by atoms with Gasteiger partial charge in [-0.1, -0.05) is 32.4 Å². The highest BCUT2D eigenvalue weighted by molar-refractivity contribution is 6.74. The van der Waals surface area contributed by atoms with Crippen molar-refractivity contribution in [2.24, 2.45) is 0 Å². The van der Waals surface area contributed by atoms with Crippen molar-refractivity contribution in [3.63, 3.8) is 0 Å². The summed E-state index contributed by atoms with van der Waals surface area (Å²) in [6.07, 6.45) is 0. The van der Waals surface area contributed by atoms with Gasteiger partial charge in [0.2, 0.25) is 0 Å². The summed E-state index contributed by atoms with van der Waals surface area (Å²) in [6.45, 7) is 10.7. The van der Waals surface area contributed by atoms with Crippen LogP contribution < -0.4 is 15.2 Å². The number of halogens is 3. The van der Waals surface area contributed by atoms with Crippen LogP contribution in [0.4, 0.5) is 14.5 Å². The van der Waals surface area contributed by atoms with Gasteiger partial charge in [0.05, 0.1) is 30.0 Å². The van der Waals surface area contributed by atoms with Gasteiger partial charge in [-0.25, -0.2) is 8.78 Å². The smallest absolute Gasteiger partial charge is 0.192 e. The second-order valence-corrected chi connectivity index (χ2v) is 13.6. The van der Waals surface area contributed by atoms with Crippen molar-refractivity contribution >= 4 is 25.6 Å². The molecule has 2 aromatic rings. The van der Waals surface area contributed by atoms with Crippen LogP contribution in [0.2, 0.25) is 23.2 Å². The molecule has 0 saturated heterocycles. The van der Waals surface area contributed by atoms with Crippen LogP contribution in [0.15, 0.2) is 24.3 Å². The monoisotopic (exact) mass is 443 g/mol. The van der Waals surface area contributed by atoms with Crippen LogP contribution in [0.5, 0.6) is 11.5 Å². The number of nitrogens with two attached hydrogens (primary N) is 1. The van der Waals surface area contributed by atoms with E-state index in [9.17, 15) is 8.78 Å². The highest BCUT2D eigenvalue weighted by Crippen LogP contribution is 2.38. The topological polar surface area (TPSA) is 53.7 Å². The Morgan fingerprint density at radius 2 is 1.72 bits per heavy atom. The molecule has 0 aliphatic rings. The molecule has 29 heavy (non-hydrogen) atoms. The summed E-state index contributed by atoms with van der Waals surface area (Å²) in [7, 11) is -0.635. The molecule has 0 heterocycles. The molecule has 0 atom stereocenters. The van der Waals surface area contributed by atoms with E-state index < -0.39 is 20.0 Å². The summed E-state index contributed by atoms with van der Waals surface area (Å²) in [6, 6.07) is 5.61. The van der Waals surface area contributed by atoms with Crippen molar-refractivity contribution in [3.05, 3.63) is 52.0 Å². The molecule has 0 bridgehead atoms. The van der Waals surface area contributed by atoms with Gasteiger partial charge in [0.15, 0.2) is 20.0 Å². The third-order valence-corrected chi connectivity index (χ3v) is 10.1. The second kappa shape index (κ2) is 8.89. The minimum Gasteiger partial charge on any atom is -0.496 e. The van der Waals surface area contributed by atoms with Gasteiger partial charge in [-0.2, -0.15) is 0 Å². The Morgan fingerprint density at radius 3 is 2.31 bits per heavy atom. The van der Waals surface area contributed by atoms with Gasteiger partial charge in [-0.3, -0.25) is 0 Å². The molecule has 0 saturated carbocycles. The molecule has 2 N–H and O–H groups in total. The van der Waals surface area contributed by atoms with Gasteiger partial charge >= 0.3 is 0 Å². The molecule has 0 fully saturated rings. The van der Waals surface area contributed by atoms with E-state index in [1.54, 1.807) is 12.1 Å².